The number of halogens is 2. The summed E-state index contributed by atoms with van der Waals surface area (Å²) in [5.74, 6) is -1.41. The van der Waals surface area contributed by atoms with Crippen molar-refractivity contribution < 1.29 is 18.0 Å². The molecule has 1 heterocycles. The number of para-hydroxylation sites is 2. The Morgan fingerprint density at radius 1 is 0.848 bits per heavy atom. The van der Waals surface area contributed by atoms with Crippen molar-refractivity contribution in [2.24, 2.45) is 0 Å². The van der Waals surface area contributed by atoms with E-state index in [9.17, 15) is 18.0 Å². The molecule has 0 saturated carbocycles. The van der Waals surface area contributed by atoms with Crippen molar-refractivity contribution in [1.29, 1.82) is 0 Å². The van der Waals surface area contributed by atoms with Crippen LogP contribution in [0.3, 0.4) is 0 Å². The van der Waals surface area contributed by atoms with Gasteiger partial charge in [-0.25, -0.2) is 8.42 Å². The summed E-state index contributed by atoms with van der Waals surface area (Å²) in [6.45, 7) is 0. The van der Waals surface area contributed by atoms with Gasteiger partial charge in [-0.15, -0.1) is 0 Å². The van der Waals surface area contributed by atoms with E-state index in [4.69, 9.17) is 23.2 Å². The number of carbonyl (C=O) groups excluding carboxylic acids is 2. The molecule has 3 aromatic carbocycles. The number of fused-ring (bicyclic) bond motifs is 1. The van der Waals surface area contributed by atoms with E-state index in [-0.39, 0.29) is 31.9 Å². The van der Waals surface area contributed by atoms with Gasteiger partial charge in [0.2, 0.25) is 0 Å². The number of anilines is 1. The lowest BCUT2D eigenvalue weighted by Crippen LogP contribution is -2.41. The fraction of sp³-hybridized carbons (Fsp3) is 0. The molecule has 0 aliphatic heterocycles. The average Bonchev–Trinajstić information content (AvgIpc) is 3.23. The molecule has 4 rings (SSSR count). The van der Waals surface area contributed by atoms with Gasteiger partial charge in [0.05, 0.1) is 21.2 Å². The van der Waals surface area contributed by atoms with Gasteiger partial charge < -0.3 is 0 Å². The maximum absolute atomic E-state index is 12.8. The lowest BCUT2D eigenvalue weighted by atomic mass is 10.2. The Morgan fingerprint density at radius 2 is 1.55 bits per heavy atom. The zero-order chi connectivity index (χ0) is 23.6. The number of aromatic amines is 1. The van der Waals surface area contributed by atoms with Gasteiger partial charge in [0.1, 0.15) is 4.90 Å². The van der Waals surface area contributed by atoms with Crippen LogP contribution in [0.25, 0.3) is 10.9 Å². The molecule has 0 unspecified atom stereocenters. The second-order valence-corrected chi connectivity index (χ2v) is 9.22. The average molecular weight is 504 g/mol. The molecular formula is C21H15Cl2N5O4S. The van der Waals surface area contributed by atoms with Gasteiger partial charge in [-0.2, -0.15) is 5.10 Å². The third-order valence-electron chi connectivity index (χ3n) is 4.58. The minimum atomic E-state index is -4.16. The van der Waals surface area contributed by atoms with Crippen molar-refractivity contribution in [3.05, 3.63) is 88.0 Å². The smallest absolute Gasteiger partial charge is 0.278 e. The fourth-order valence-corrected chi connectivity index (χ4v) is 4.82. The molecule has 4 N–H and O–H groups in total. The van der Waals surface area contributed by atoms with Gasteiger partial charge in [-0.05, 0) is 36.4 Å². The number of sulfonamides is 1. The quantitative estimate of drug-likeness (QED) is 0.308. The first-order valence-corrected chi connectivity index (χ1v) is 11.6. The van der Waals surface area contributed by atoms with Crippen LogP contribution in [-0.2, 0) is 10.0 Å². The molecule has 0 aliphatic rings. The van der Waals surface area contributed by atoms with Crippen LogP contribution in [0.2, 0.25) is 10.0 Å². The van der Waals surface area contributed by atoms with Gasteiger partial charge >= 0.3 is 0 Å². The highest BCUT2D eigenvalue weighted by Crippen LogP contribution is 2.28. The Bertz CT molecular complexity index is 1490. The van der Waals surface area contributed by atoms with Crippen LogP contribution in [0.5, 0.6) is 0 Å². The van der Waals surface area contributed by atoms with Crippen molar-refractivity contribution in [2.45, 2.75) is 4.90 Å². The van der Waals surface area contributed by atoms with Crippen LogP contribution in [-0.4, -0.2) is 30.4 Å². The highest BCUT2D eigenvalue weighted by molar-refractivity contribution is 7.92. The summed E-state index contributed by atoms with van der Waals surface area (Å²) in [7, 11) is -4.16. The maximum atomic E-state index is 12.8. The molecule has 0 bridgehead atoms. The van der Waals surface area contributed by atoms with Crippen molar-refractivity contribution in [3.8, 4) is 0 Å². The Hall–Kier alpha value is -3.60. The minimum absolute atomic E-state index is 0.0499. The number of nitrogens with one attached hydrogen (secondary N) is 4. The first kappa shape index (κ1) is 22.6. The zero-order valence-corrected chi connectivity index (χ0v) is 18.9. The highest BCUT2D eigenvalue weighted by Gasteiger charge is 2.22. The molecule has 9 nitrogen and oxygen atoms in total. The van der Waals surface area contributed by atoms with Crippen molar-refractivity contribution in [1.82, 2.24) is 21.0 Å². The van der Waals surface area contributed by atoms with Crippen molar-refractivity contribution in [2.75, 3.05) is 4.72 Å². The minimum Gasteiger partial charge on any atom is -0.278 e. The normalized spacial score (nSPS) is 11.2. The predicted molar refractivity (Wildman–Crippen MR) is 125 cm³/mol. The van der Waals surface area contributed by atoms with Gasteiger partial charge in [0.15, 0.2) is 5.69 Å². The van der Waals surface area contributed by atoms with Crippen LogP contribution in [0.4, 0.5) is 5.69 Å². The monoisotopic (exact) mass is 503 g/mol. The molecule has 2 amide bonds. The van der Waals surface area contributed by atoms with E-state index in [1.807, 2.05) is 0 Å². The number of carbonyl (C=O) groups is 2. The topological polar surface area (TPSA) is 133 Å². The summed E-state index contributed by atoms with van der Waals surface area (Å²) in [5, 5.41) is 7.34. The van der Waals surface area contributed by atoms with E-state index in [1.165, 1.54) is 24.3 Å². The van der Waals surface area contributed by atoms with E-state index in [0.717, 1.165) is 6.07 Å². The number of hydrazine groups is 1. The molecule has 168 valence electrons. The number of H-pyrrole nitrogens is 1. The van der Waals surface area contributed by atoms with Crippen LogP contribution in [0.1, 0.15) is 20.8 Å². The van der Waals surface area contributed by atoms with E-state index in [0.29, 0.717) is 10.9 Å². The summed E-state index contributed by atoms with van der Waals surface area (Å²) < 4.78 is 28.0. The third-order valence-corrected chi connectivity index (χ3v) is 6.75. The number of aromatic nitrogens is 2. The molecule has 4 aromatic rings. The van der Waals surface area contributed by atoms with E-state index in [1.54, 1.807) is 36.4 Å². The van der Waals surface area contributed by atoms with E-state index < -0.39 is 21.8 Å². The second kappa shape index (κ2) is 9.10. The van der Waals surface area contributed by atoms with E-state index in [2.05, 4.69) is 25.8 Å². The molecule has 0 aliphatic carbocycles. The first-order chi connectivity index (χ1) is 15.8. The summed E-state index contributed by atoms with van der Waals surface area (Å²) in [6, 6.07) is 16.9. The van der Waals surface area contributed by atoms with Crippen LogP contribution < -0.4 is 15.6 Å². The molecule has 0 saturated heterocycles. The predicted octanol–water partition coefficient (Wildman–Crippen LogP) is 3.75. The molecule has 1 aromatic heterocycles. The Kier molecular flexibility index (Phi) is 6.23. The van der Waals surface area contributed by atoms with Crippen LogP contribution >= 0.6 is 23.2 Å². The Labute approximate surface area is 198 Å². The number of benzene rings is 3. The van der Waals surface area contributed by atoms with Crippen LogP contribution in [0, 0.1) is 0 Å². The lowest BCUT2D eigenvalue weighted by Gasteiger charge is -2.12. The van der Waals surface area contributed by atoms with E-state index >= 15 is 0 Å². The Morgan fingerprint density at radius 3 is 2.33 bits per heavy atom. The summed E-state index contributed by atoms with van der Waals surface area (Å²) in [4.78, 5) is 24.6. The third kappa shape index (κ3) is 4.77. The van der Waals surface area contributed by atoms with Crippen LogP contribution in [0.15, 0.2) is 71.6 Å². The molecule has 0 spiro atoms. The number of hydrogen-bond acceptors (Lipinski definition) is 5. The molecule has 0 atom stereocenters. The maximum Gasteiger partial charge on any atom is 0.290 e. The number of amides is 2. The first-order valence-electron chi connectivity index (χ1n) is 9.37. The molecule has 0 fully saturated rings. The summed E-state index contributed by atoms with van der Waals surface area (Å²) in [5.41, 5.74) is 5.35. The summed E-state index contributed by atoms with van der Waals surface area (Å²) in [6.07, 6.45) is 0. The number of nitrogens with zero attached hydrogens (tertiary/aromatic N) is 1. The molecular weight excluding hydrogens is 489 g/mol. The standard InChI is InChI=1S/C21H15Cl2N5O4S/c22-14-6-2-4-8-17(14)28-33(31,32)18-11-12(9-10-15(18)23)20(29)26-27-21(30)19-13-5-1-3-7-16(13)24-25-19/h1-11,28H,(H,24,25)(H,26,29)(H,27,30). The lowest BCUT2D eigenvalue weighted by molar-refractivity contribution is 0.0844. The largest absolute Gasteiger partial charge is 0.290 e. The van der Waals surface area contributed by atoms with Crippen molar-refractivity contribution in [3.63, 3.8) is 0 Å². The van der Waals surface area contributed by atoms with Gasteiger partial charge in [0, 0.05) is 10.9 Å². The van der Waals surface area contributed by atoms with Gasteiger partial charge in [-0.3, -0.25) is 30.3 Å². The van der Waals surface area contributed by atoms with Crippen molar-refractivity contribution >= 4 is 61.6 Å². The van der Waals surface area contributed by atoms with Gasteiger partial charge in [-0.1, -0.05) is 53.5 Å². The van der Waals surface area contributed by atoms with Gasteiger partial charge in [0.25, 0.3) is 21.8 Å². The second-order valence-electron chi connectivity index (χ2n) is 6.76. The zero-order valence-electron chi connectivity index (χ0n) is 16.6. The highest BCUT2D eigenvalue weighted by atomic mass is 35.5. The SMILES string of the molecule is O=C(NNC(=O)c1n[nH]c2ccccc12)c1ccc(Cl)c(S(=O)(=O)Nc2ccccc2Cl)c1. The molecule has 0 radical (unpaired) electrons. The molecule has 12 heteroatoms. The Balaban J connectivity index is 1.51. The fourth-order valence-electron chi connectivity index (χ4n) is 2.98. The number of hydrogen-bond donors (Lipinski definition) is 4. The number of rotatable bonds is 5. The molecule has 33 heavy (non-hydrogen) atoms. The summed E-state index contributed by atoms with van der Waals surface area (Å²) >= 11 is 12.1.